The monoisotopic (exact) mass is 546 g/mol. The fourth-order valence-corrected chi connectivity index (χ4v) is 4.77. The Morgan fingerprint density at radius 2 is 1.77 bits per heavy atom. The van der Waals surface area contributed by atoms with E-state index in [0.717, 1.165) is 11.1 Å². The number of benzene rings is 3. The Labute approximate surface area is 223 Å². The maximum atomic E-state index is 12.6. The summed E-state index contributed by atoms with van der Waals surface area (Å²) in [5, 5.41) is 4.85. The van der Waals surface area contributed by atoms with Gasteiger partial charge in [-0.05, 0) is 73.1 Å². The number of carbonyl (C=O) groups excluding carboxylic acids is 1. The van der Waals surface area contributed by atoms with Gasteiger partial charge in [0.1, 0.15) is 6.61 Å². The standard InChI is InChI=1S/C26H21Cl3N2O3S/c1-3-33-22-12-16(11-20(29)24(22)34-14-17-7-4-5-8-19(17)28)13-23-25(32)31-26(35-23)30-21-10-6-9-18(27)15(21)2/h4-13H,3,14H2,1-2H3,(H,30,31,32)/b23-13+. The molecule has 1 aliphatic heterocycles. The van der Waals surface area contributed by atoms with Crippen LogP contribution in [-0.2, 0) is 11.4 Å². The Balaban J connectivity index is 1.58. The molecule has 3 aromatic carbocycles. The lowest BCUT2D eigenvalue weighted by Crippen LogP contribution is -2.19. The maximum absolute atomic E-state index is 12.6. The van der Waals surface area contributed by atoms with Gasteiger partial charge in [-0.1, -0.05) is 59.1 Å². The SMILES string of the molecule is CCOc1cc(/C=C2/SC(=Nc3cccc(Cl)c3C)NC2=O)cc(Cl)c1OCc1ccccc1Cl. The Kier molecular flexibility index (Phi) is 8.29. The second-order valence-electron chi connectivity index (χ2n) is 7.51. The van der Waals surface area contributed by atoms with Gasteiger partial charge in [-0.2, -0.15) is 0 Å². The highest BCUT2D eigenvalue weighted by Gasteiger charge is 2.24. The first kappa shape index (κ1) is 25.5. The molecule has 5 nitrogen and oxygen atoms in total. The molecule has 0 radical (unpaired) electrons. The molecule has 3 aromatic rings. The number of nitrogens with zero attached hydrogens (tertiary/aromatic N) is 1. The minimum atomic E-state index is -0.249. The van der Waals surface area contributed by atoms with Crippen LogP contribution in [0.1, 0.15) is 23.6 Å². The van der Waals surface area contributed by atoms with Crippen molar-refractivity contribution in [2.24, 2.45) is 4.99 Å². The van der Waals surface area contributed by atoms with Crippen molar-refractivity contribution in [3.63, 3.8) is 0 Å². The fraction of sp³-hybridized carbons (Fsp3) is 0.154. The van der Waals surface area contributed by atoms with E-state index in [-0.39, 0.29) is 12.5 Å². The predicted octanol–water partition coefficient (Wildman–Crippen LogP) is 7.82. The Hall–Kier alpha value is -2.64. The van der Waals surface area contributed by atoms with Crippen LogP contribution < -0.4 is 14.8 Å². The molecule has 0 aliphatic carbocycles. The highest BCUT2D eigenvalue weighted by Crippen LogP contribution is 2.39. The number of thioether (sulfide) groups is 1. The zero-order valence-corrected chi connectivity index (χ0v) is 22.0. The number of ether oxygens (including phenoxy) is 2. The van der Waals surface area contributed by atoms with Crippen molar-refractivity contribution in [1.82, 2.24) is 5.32 Å². The fourth-order valence-electron chi connectivity index (χ4n) is 3.30. The largest absolute Gasteiger partial charge is 0.490 e. The Bertz CT molecular complexity index is 1340. The number of aliphatic imine (C=N–C) groups is 1. The van der Waals surface area contributed by atoms with Crippen LogP contribution in [0.4, 0.5) is 5.69 Å². The van der Waals surface area contributed by atoms with E-state index in [1.807, 2.05) is 44.2 Å². The van der Waals surface area contributed by atoms with Gasteiger partial charge in [-0.15, -0.1) is 0 Å². The van der Waals surface area contributed by atoms with Crippen molar-refractivity contribution in [1.29, 1.82) is 0 Å². The summed E-state index contributed by atoms with van der Waals surface area (Å²) in [4.78, 5) is 17.6. The van der Waals surface area contributed by atoms with E-state index in [2.05, 4.69) is 10.3 Å². The van der Waals surface area contributed by atoms with Gasteiger partial charge < -0.3 is 14.8 Å². The molecular weight excluding hydrogens is 527 g/mol. The lowest BCUT2D eigenvalue weighted by molar-refractivity contribution is -0.115. The number of hydrogen-bond acceptors (Lipinski definition) is 5. The summed E-state index contributed by atoms with van der Waals surface area (Å²) in [5.41, 5.74) is 3.07. The molecule has 1 aliphatic rings. The molecule has 0 atom stereocenters. The molecule has 180 valence electrons. The minimum Gasteiger partial charge on any atom is -0.490 e. The maximum Gasteiger partial charge on any atom is 0.264 e. The van der Waals surface area contributed by atoms with Crippen molar-refractivity contribution in [3.8, 4) is 11.5 Å². The highest BCUT2D eigenvalue weighted by molar-refractivity contribution is 8.18. The molecule has 4 rings (SSSR count). The number of halogens is 3. The summed E-state index contributed by atoms with van der Waals surface area (Å²) in [6.07, 6.45) is 1.74. The van der Waals surface area contributed by atoms with Crippen molar-refractivity contribution < 1.29 is 14.3 Å². The van der Waals surface area contributed by atoms with Crippen LogP contribution in [0, 0.1) is 6.92 Å². The molecule has 0 saturated carbocycles. The van der Waals surface area contributed by atoms with Gasteiger partial charge in [-0.25, -0.2) is 4.99 Å². The van der Waals surface area contributed by atoms with Gasteiger partial charge in [0.2, 0.25) is 0 Å². The van der Waals surface area contributed by atoms with Crippen molar-refractivity contribution >= 4 is 69.4 Å². The van der Waals surface area contributed by atoms with E-state index in [0.29, 0.717) is 54.5 Å². The Morgan fingerprint density at radius 3 is 2.54 bits per heavy atom. The zero-order valence-electron chi connectivity index (χ0n) is 18.9. The molecule has 9 heteroatoms. The summed E-state index contributed by atoms with van der Waals surface area (Å²) in [6.45, 7) is 4.41. The van der Waals surface area contributed by atoms with Gasteiger partial charge in [0.25, 0.3) is 5.91 Å². The molecule has 1 saturated heterocycles. The molecule has 0 bridgehead atoms. The summed E-state index contributed by atoms with van der Waals surface area (Å²) >= 11 is 20.2. The number of amides is 1. The van der Waals surface area contributed by atoms with Crippen LogP contribution in [0.3, 0.4) is 0 Å². The van der Waals surface area contributed by atoms with E-state index in [1.165, 1.54) is 11.8 Å². The van der Waals surface area contributed by atoms with E-state index < -0.39 is 0 Å². The quantitative estimate of drug-likeness (QED) is 0.306. The van der Waals surface area contributed by atoms with Crippen LogP contribution in [-0.4, -0.2) is 17.7 Å². The second-order valence-corrected chi connectivity index (χ2v) is 9.76. The normalized spacial score (nSPS) is 15.5. The van der Waals surface area contributed by atoms with Gasteiger partial charge in [-0.3, -0.25) is 4.79 Å². The average Bonchev–Trinajstić information content (AvgIpc) is 3.16. The third-order valence-corrected chi connectivity index (χ3v) is 7.04. The smallest absolute Gasteiger partial charge is 0.264 e. The first-order chi connectivity index (χ1) is 16.9. The van der Waals surface area contributed by atoms with Gasteiger partial charge in [0.15, 0.2) is 16.7 Å². The molecular formula is C26H21Cl3N2O3S. The molecule has 0 aromatic heterocycles. The van der Waals surface area contributed by atoms with E-state index in [9.17, 15) is 4.79 Å². The number of nitrogens with one attached hydrogen (secondary N) is 1. The van der Waals surface area contributed by atoms with Gasteiger partial charge in [0, 0.05) is 15.6 Å². The summed E-state index contributed by atoms with van der Waals surface area (Å²) in [5.74, 6) is 0.644. The predicted molar refractivity (Wildman–Crippen MR) is 145 cm³/mol. The molecule has 0 unspecified atom stereocenters. The first-order valence-corrected chi connectivity index (χ1v) is 12.7. The second kappa shape index (κ2) is 11.4. The third kappa shape index (κ3) is 6.14. The van der Waals surface area contributed by atoms with Crippen molar-refractivity contribution in [2.45, 2.75) is 20.5 Å². The zero-order chi connectivity index (χ0) is 24.9. The van der Waals surface area contributed by atoms with Crippen LogP contribution in [0.25, 0.3) is 6.08 Å². The molecule has 35 heavy (non-hydrogen) atoms. The van der Waals surface area contributed by atoms with E-state index in [4.69, 9.17) is 44.3 Å². The lowest BCUT2D eigenvalue weighted by Gasteiger charge is -2.15. The van der Waals surface area contributed by atoms with Crippen LogP contribution in [0.5, 0.6) is 11.5 Å². The molecule has 0 spiro atoms. The van der Waals surface area contributed by atoms with E-state index in [1.54, 1.807) is 30.3 Å². The number of rotatable bonds is 7. The third-order valence-electron chi connectivity index (χ3n) is 5.07. The molecule has 1 N–H and O–H groups in total. The molecule has 1 fully saturated rings. The summed E-state index contributed by atoms with van der Waals surface area (Å²) in [6, 6.07) is 16.4. The number of carbonyl (C=O) groups is 1. The van der Waals surface area contributed by atoms with Gasteiger partial charge in [0.05, 0.1) is 22.2 Å². The molecule has 1 amide bonds. The highest BCUT2D eigenvalue weighted by atomic mass is 35.5. The van der Waals surface area contributed by atoms with Crippen LogP contribution in [0.15, 0.2) is 64.5 Å². The van der Waals surface area contributed by atoms with E-state index >= 15 is 0 Å². The first-order valence-electron chi connectivity index (χ1n) is 10.7. The summed E-state index contributed by atoms with van der Waals surface area (Å²) < 4.78 is 11.7. The lowest BCUT2D eigenvalue weighted by atomic mass is 10.1. The summed E-state index contributed by atoms with van der Waals surface area (Å²) in [7, 11) is 0. The average molecular weight is 548 g/mol. The number of amidine groups is 1. The van der Waals surface area contributed by atoms with Gasteiger partial charge >= 0.3 is 0 Å². The van der Waals surface area contributed by atoms with Crippen LogP contribution in [0.2, 0.25) is 15.1 Å². The van der Waals surface area contributed by atoms with Crippen LogP contribution >= 0.6 is 46.6 Å². The Morgan fingerprint density at radius 1 is 1.00 bits per heavy atom. The topological polar surface area (TPSA) is 59.9 Å². The molecule has 1 heterocycles. The van der Waals surface area contributed by atoms with Crippen molar-refractivity contribution in [3.05, 3.63) is 91.3 Å². The minimum absolute atomic E-state index is 0.237. The van der Waals surface area contributed by atoms with Crippen molar-refractivity contribution in [2.75, 3.05) is 6.61 Å². The number of hydrogen-bond donors (Lipinski definition) is 1.